The van der Waals surface area contributed by atoms with Gasteiger partial charge >= 0.3 is 0 Å². The maximum absolute atomic E-state index is 5.64. The quantitative estimate of drug-likeness (QED) is 0.773. The molecule has 2 N–H and O–H groups in total. The largest absolute Gasteiger partial charge is 0.497 e. The summed E-state index contributed by atoms with van der Waals surface area (Å²) >= 11 is 1.94. The van der Waals surface area contributed by atoms with Crippen LogP contribution in [0, 0.1) is 5.41 Å². The van der Waals surface area contributed by atoms with E-state index in [1.54, 1.807) is 7.11 Å². The molecule has 0 amide bonds. The summed E-state index contributed by atoms with van der Waals surface area (Å²) in [6, 6.07) is 8.29. The second-order valence-electron chi connectivity index (χ2n) is 4.50. The summed E-state index contributed by atoms with van der Waals surface area (Å²) in [5.74, 6) is 2.13. The molecule has 0 unspecified atom stereocenters. The third-order valence-corrected chi connectivity index (χ3v) is 4.60. The van der Waals surface area contributed by atoms with E-state index in [0.29, 0.717) is 5.41 Å². The number of hydrogen-bond donors (Lipinski definition) is 1. The first kappa shape index (κ1) is 11.8. The fraction of sp³-hybridized carbons (Fsp3) is 0.538. The molecule has 2 rings (SSSR count). The summed E-state index contributed by atoms with van der Waals surface area (Å²) in [5.41, 5.74) is 6.19. The Morgan fingerprint density at radius 2 is 2.00 bits per heavy atom. The smallest absolute Gasteiger partial charge is 0.118 e. The van der Waals surface area contributed by atoms with Gasteiger partial charge < -0.3 is 10.5 Å². The minimum absolute atomic E-state index is 0.555. The number of rotatable bonds is 6. The molecule has 0 aliphatic heterocycles. The van der Waals surface area contributed by atoms with Crippen LogP contribution in [0.1, 0.15) is 19.3 Å². The lowest BCUT2D eigenvalue weighted by molar-refractivity contribution is 0.414. The maximum Gasteiger partial charge on any atom is 0.118 e. The van der Waals surface area contributed by atoms with Crippen molar-refractivity contribution in [1.29, 1.82) is 0 Å². The minimum atomic E-state index is 0.555. The Bertz CT molecular complexity index is 332. The summed E-state index contributed by atoms with van der Waals surface area (Å²) in [6.45, 7) is 0.823. The molecule has 16 heavy (non-hydrogen) atoms. The molecule has 3 heteroatoms. The van der Waals surface area contributed by atoms with E-state index in [9.17, 15) is 0 Å². The van der Waals surface area contributed by atoms with E-state index in [0.717, 1.165) is 12.3 Å². The highest BCUT2D eigenvalue weighted by Crippen LogP contribution is 2.51. The van der Waals surface area contributed by atoms with Crippen molar-refractivity contribution in [1.82, 2.24) is 0 Å². The molecule has 88 valence electrons. The maximum atomic E-state index is 5.64. The summed E-state index contributed by atoms with van der Waals surface area (Å²) in [7, 11) is 1.70. The van der Waals surface area contributed by atoms with E-state index in [1.165, 1.54) is 29.9 Å². The van der Waals surface area contributed by atoms with Gasteiger partial charge in [0.1, 0.15) is 5.75 Å². The van der Waals surface area contributed by atoms with Crippen LogP contribution in [0.25, 0.3) is 0 Å². The number of thioether (sulfide) groups is 1. The van der Waals surface area contributed by atoms with Gasteiger partial charge in [-0.05, 0) is 55.5 Å². The van der Waals surface area contributed by atoms with Crippen LogP contribution in [-0.2, 0) is 0 Å². The first-order valence-electron chi connectivity index (χ1n) is 5.75. The average molecular weight is 237 g/mol. The topological polar surface area (TPSA) is 35.2 Å². The molecule has 0 aromatic heterocycles. The van der Waals surface area contributed by atoms with Gasteiger partial charge in [-0.25, -0.2) is 0 Å². The molecule has 1 saturated carbocycles. The molecule has 0 heterocycles. The molecule has 0 bridgehead atoms. The third kappa shape index (κ3) is 2.92. The highest BCUT2D eigenvalue weighted by Gasteiger charge is 2.41. The Labute approximate surface area is 102 Å². The highest BCUT2D eigenvalue weighted by molar-refractivity contribution is 7.99. The number of nitrogens with two attached hydrogens (primary N) is 1. The van der Waals surface area contributed by atoms with Crippen molar-refractivity contribution >= 4 is 11.8 Å². The molecule has 1 aliphatic carbocycles. The zero-order chi connectivity index (χ0) is 11.4. The van der Waals surface area contributed by atoms with Crippen LogP contribution < -0.4 is 10.5 Å². The Kier molecular flexibility index (Phi) is 3.77. The molecule has 1 aromatic carbocycles. The fourth-order valence-electron chi connectivity index (χ4n) is 1.86. The van der Waals surface area contributed by atoms with E-state index in [2.05, 4.69) is 12.1 Å². The predicted molar refractivity (Wildman–Crippen MR) is 69.1 cm³/mol. The second kappa shape index (κ2) is 5.11. The van der Waals surface area contributed by atoms with Crippen LogP contribution in [0.2, 0.25) is 0 Å². The second-order valence-corrected chi connectivity index (χ2v) is 5.55. The normalized spacial score (nSPS) is 17.1. The van der Waals surface area contributed by atoms with Crippen LogP contribution in [-0.4, -0.2) is 19.4 Å². The van der Waals surface area contributed by atoms with E-state index in [4.69, 9.17) is 10.5 Å². The van der Waals surface area contributed by atoms with E-state index in [-0.39, 0.29) is 0 Å². The molecule has 1 aromatic rings. The van der Waals surface area contributed by atoms with Gasteiger partial charge in [-0.3, -0.25) is 0 Å². The number of methoxy groups -OCH3 is 1. The lowest BCUT2D eigenvalue weighted by Crippen LogP contribution is -2.11. The summed E-state index contributed by atoms with van der Waals surface area (Å²) < 4.78 is 5.14. The highest BCUT2D eigenvalue weighted by atomic mass is 32.2. The van der Waals surface area contributed by atoms with E-state index in [1.807, 2.05) is 23.9 Å². The molecule has 2 nitrogen and oxygen atoms in total. The lowest BCUT2D eigenvalue weighted by atomic mass is 10.1. The SMILES string of the molecule is COc1ccc(SCC2(CCN)CC2)cc1. The Balaban J connectivity index is 1.85. The van der Waals surface area contributed by atoms with E-state index < -0.39 is 0 Å². The molecule has 0 radical (unpaired) electrons. The molecule has 1 aliphatic rings. The van der Waals surface area contributed by atoms with Gasteiger partial charge in [0.15, 0.2) is 0 Å². The van der Waals surface area contributed by atoms with Crippen molar-refractivity contribution in [3.05, 3.63) is 24.3 Å². The first-order chi connectivity index (χ1) is 7.78. The van der Waals surface area contributed by atoms with Crippen LogP contribution in [0.5, 0.6) is 5.75 Å². The van der Waals surface area contributed by atoms with Gasteiger partial charge in [0.2, 0.25) is 0 Å². The number of hydrogen-bond acceptors (Lipinski definition) is 3. The molecular formula is C13H19NOS. The van der Waals surface area contributed by atoms with Gasteiger partial charge in [-0.1, -0.05) is 0 Å². The zero-order valence-corrected chi connectivity index (χ0v) is 10.6. The minimum Gasteiger partial charge on any atom is -0.497 e. The van der Waals surface area contributed by atoms with Crippen molar-refractivity contribution in [2.75, 3.05) is 19.4 Å². The molecule has 0 atom stereocenters. The summed E-state index contributed by atoms with van der Waals surface area (Å²) in [5, 5.41) is 0. The predicted octanol–water partition coefficient (Wildman–Crippen LogP) is 2.92. The summed E-state index contributed by atoms with van der Waals surface area (Å²) in [6.07, 6.45) is 3.89. The standard InChI is InChI=1S/C13H19NOS/c1-15-11-2-4-12(5-3-11)16-10-13(6-7-13)8-9-14/h2-5H,6-10,14H2,1H3. The average Bonchev–Trinajstić information content (AvgIpc) is 3.08. The Hall–Kier alpha value is -0.670. The third-order valence-electron chi connectivity index (χ3n) is 3.24. The fourth-order valence-corrected chi connectivity index (χ4v) is 3.09. The molecule has 0 spiro atoms. The van der Waals surface area contributed by atoms with Crippen molar-refractivity contribution < 1.29 is 4.74 Å². The van der Waals surface area contributed by atoms with Crippen molar-refractivity contribution in [3.8, 4) is 5.75 Å². The van der Waals surface area contributed by atoms with E-state index >= 15 is 0 Å². The monoisotopic (exact) mass is 237 g/mol. The summed E-state index contributed by atoms with van der Waals surface area (Å²) in [4.78, 5) is 1.32. The Morgan fingerprint density at radius 3 is 2.50 bits per heavy atom. The van der Waals surface area contributed by atoms with Gasteiger partial charge in [0.05, 0.1) is 7.11 Å². The number of ether oxygens (including phenoxy) is 1. The van der Waals surface area contributed by atoms with Crippen LogP contribution in [0.3, 0.4) is 0 Å². The van der Waals surface area contributed by atoms with Gasteiger partial charge in [-0.2, -0.15) is 0 Å². The van der Waals surface area contributed by atoms with Gasteiger partial charge in [0.25, 0.3) is 0 Å². The van der Waals surface area contributed by atoms with Crippen molar-refractivity contribution in [2.45, 2.75) is 24.2 Å². The Morgan fingerprint density at radius 1 is 1.31 bits per heavy atom. The first-order valence-corrected chi connectivity index (χ1v) is 6.73. The molecule has 1 fully saturated rings. The van der Waals surface area contributed by atoms with Crippen molar-refractivity contribution in [3.63, 3.8) is 0 Å². The van der Waals surface area contributed by atoms with Gasteiger partial charge in [-0.15, -0.1) is 11.8 Å². The lowest BCUT2D eigenvalue weighted by Gasteiger charge is -2.13. The van der Waals surface area contributed by atoms with Crippen LogP contribution in [0.4, 0.5) is 0 Å². The van der Waals surface area contributed by atoms with Crippen LogP contribution >= 0.6 is 11.8 Å². The van der Waals surface area contributed by atoms with Crippen LogP contribution in [0.15, 0.2) is 29.2 Å². The zero-order valence-electron chi connectivity index (χ0n) is 9.74. The molecule has 0 saturated heterocycles. The molecular weight excluding hydrogens is 218 g/mol. The van der Waals surface area contributed by atoms with Crippen molar-refractivity contribution in [2.24, 2.45) is 11.1 Å². The number of benzene rings is 1. The van der Waals surface area contributed by atoms with Gasteiger partial charge in [0, 0.05) is 10.6 Å².